The third kappa shape index (κ3) is 3.27. The number of carbonyl (C=O) groups excluding carboxylic acids is 1. The average molecular weight is 383 g/mol. The van der Waals surface area contributed by atoms with Crippen molar-refractivity contribution in [3.63, 3.8) is 0 Å². The molecule has 0 radical (unpaired) electrons. The molecule has 5 nitrogen and oxygen atoms in total. The van der Waals surface area contributed by atoms with E-state index in [2.05, 4.69) is 27.9 Å². The monoisotopic (exact) mass is 383 g/mol. The summed E-state index contributed by atoms with van der Waals surface area (Å²) in [5.41, 5.74) is 0.570. The van der Waals surface area contributed by atoms with Gasteiger partial charge in [-0.05, 0) is 65.1 Å². The van der Waals surface area contributed by atoms with E-state index in [1.165, 1.54) is 12.1 Å². The number of amides is 1. The van der Waals surface area contributed by atoms with Crippen molar-refractivity contribution in [2.75, 3.05) is 5.32 Å². The topological polar surface area (TPSA) is 86.6 Å². The molecule has 0 saturated carbocycles. The first-order valence-corrected chi connectivity index (χ1v) is 6.68. The average Bonchev–Trinajstić information content (AvgIpc) is 2.41. The highest BCUT2D eigenvalue weighted by Gasteiger charge is 2.11. The summed E-state index contributed by atoms with van der Waals surface area (Å²) >= 11 is 2.13. The molecular formula is C14H10INO4. The molecule has 0 unspecified atom stereocenters. The molecule has 0 atom stereocenters. The zero-order valence-corrected chi connectivity index (χ0v) is 12.3. The van der Waals surface area contributed by atoms with Gasteiger partial charge in [0, 0.05) is 9.13 Å². The highest BCUT2D eigenvalue weighted by atomic mass is 127. The van der Waals surface area contributed by atoms with E-state index in [0.29, 0.717) is 5.56 Å². The van der Waals surface area contributed by atoms with Gasteiger partial charge in [0.15, 0.2) is 0 Å². The van der Waals surface area contributed by atoms with E-state index in [-0.39, 0.29) is 22.9 Å². The predicted octanol–water partition coefficient (Wildman–Crippen LogP) is 2.95. The molecule has 2 aromatic rings. The minimum absolute atomic E-state index is 0.0465. The number of hydrogen-bond donors (Lipinski definition) is 3. The van der Waals surface area contributed by atoms with Crippen molar-refractivity contribution in [2.45, 2.75) is 0 Å². The standard InChI is InChI=1S/C14H10INO4/c15-10-4-1-8(2-5-10)13(18)16-11-6-3-9(14(19)20)7-12(11)17/h1-7,17H,(H,16,18)(H,19,20). The number of phenolic OH excluding ortho intramolecular Hbond substituents is 1. The number of aromatic hydroxyl groups is 1. The Morgan fingerprint density at radius 1 is 1.00 bits per heavy atom. The number of benzene rings is 2. The number of nitrogens with one attached hydrogen (secondary N) is 1. The number of halogens is 1. The molecule has 3 N–H and O–H groups in total. The zero-order valence-electron chi connectivity index (χ0n) is 10.1. The van der Waals surface area contributed by atoms with Crippen LogP contribution >= 0.6 is 22.6 Å². The summed E-state index contributed by atoms with van der Waals surface area (Å²) in [6.45, 7) is 0. The first-order chi connectivity index (χ1) is 9.47. The number of carboxylic acids is 1. The fourth-order valence-corrected chi connectivity index (χ4v) is 1.93. The van der Waals surface area contributed by atoms with Gasteiger partial charge < -0.3 is 15.5 Å². The van der Waals surface area contributed by atoms with Gasteiger partial charge in [0.05, 0.1) is 11.3 Å². The van der Waals surface area contributed by atoms with Crippen LogP contribution in [0.3, 0.4) is 0 Å². The Morgan fingerprint density at radius 2 is 1.60 bits per heavy atom. The molecule has 0 saturated heterocycles. The Morgan fingerprint density at radius 3 is 2.15 bits per heavy atom. The predicted molar refractivity (Wildman–Crippen MR) is 82.2 cm³/mol. The Hall–Kier alpha value is -2.09. The van der Waals surface area contributed by atoms with Gasteiger partial charge in [-0.3, -0.25) is 4.79 Å². The summed E-state index contributed by atoms with van der Waals surface area (Å²) in [7, 11) is 0. The van der Waals surface area contributed by atoms with Crippen molar-refractivity contribution in [1.29, 1.82) is 0 Å². The smallest absolute Gasteiger partial charge is 0.335 e. The molecular weight excluding hydrogens is 373 g/mol. The van der Waals surface area contributed by atoms with E-state index in [9.17, 15) is 14.7 Å². The van der Waals surface area contributed by atoms with Crippen LogP contribution < -0.4 is 5.32 Å². The fraction of sp³-hybridized carbons (Fsp3) is 0. The first-order valence-electron chi connectivity index (χ1n) is 5.60. The molecule has 0 aliphatic rings. The molecule has 0 aromatic heterocycles. The quantitative estimate of drug-likeness (QED) is 0.562. The number of phenols is 1. The Kier molecular flexibility index (Phi) is 4.23. The second kappa shape index (κ2) is 5.91. The lowest BCUT2D eigenvalue weighted by atomic mass is 10.1. The summed E-state index contributed by atoms with van der Waals surface area (Å²) in [5, 5.41) is 21.0. The van der Waals surface area contributed by atoms with Crippen LogP contribution in [0.2, 0.25) is 0 Å². The zero-order chi connectivity index (χ0) is 14.7. The van der Waals surface area contributed by atoms with Crippen LogP contribution in [-0.2, 0) is 0 Å². The van der Waals surface area contributed by atoms with Gasteiger partial charge in [0.1, 0.15) is 5.75 Å². The molecule has 0 bridgehead atoms. The molecule has 20 heavy (non-hydrogen) atoms. The van der Waals surface area contributed by atoms with E-state index in [1.54, 1.807) is 24.3 Å². The number of carbonyl (C=O) groups is 2. The summed E-state index contributed by atoms with van der Waals surface area (Å²) < 4.78 is 1.01. The number of hydrogen-bond acceptors (Lipinski definition) is 3. The van der Waals surface area contributed by atoms with Gasteiger partial charge in [-0.15, -0.1) is 0 Å². The highest BCUT2D eigenvalue weighted by Crippen LogP contribution is 2.25. The lowest BCUT2D eigenvalue weighted by molar-refractivity contribution is 0.0696. The summed E-state index contributed by atoms with van der Waals surface area (Å²) in [6, 6.07) is 10.7. The van der Waals surface area contributed by atoms with E-state index >= 15 is 0 Å². The first kappa shape index (κ1) is 14.3. The third-order valence-electron chi connectivity index (χ3n) is 2.60. The van der Waals surface area contributed by atoms with Crippen molar-refractivity contribution < 1.29 is 19.8 Å². The largest absolute Gasteiger partial charge is 0.506 e. The normalized spacial score (nSPS) is 10.1. The van der Waals surface area contributed by atoms with Crippen LogP contribution in [0.1, 0.15) is 20.7 Å². The van der Waals surface area contributed by atoms with E-state index in [1.807, 2.05) is 0 Å². The van der Waals surface area contributed by atoms with Gasteiger partial charge in [-0.2, -0.15) is 0 Å². The van der Waals surface area contributed by atoms with Crippen LogP contribution in [0.15, 0.2) is 42.5 Å². The van der Waals surface area contributed by atoms with Gasteiger partial charge >= 0.3 is 5.97 Å². The lowest BCUT2D eigenvalue weighted by Crippen LogP contribution is -2.12. The van der Waals surface area contributed by atoms with Crippen molar-refractivity contribution in [3.05, 3.63) is 57.2 Å². The second-order valence-electron chi connectivity index (χ2n) is 4.00. The van der Waals surface area contributed by atoms with Crippen molar-refractivity contribution >= 4 is 40.2 Å². The Labute approximate surface area is 128 Å². The summed E-state index contributed by atoms with van der Waals surface area (Å²) in [5.74, 6) is -1.81. The van der Waals surface area contributed by atoms with Crippen molar-refractivity contribution in [2.24, 2.45) is 0 Å². The van der Waals surface area contributed by atoms with Crippen LogP contribution in [0, 0.1) is 3.57 Å². The molecule has 0 fully saturated rings. The molecule has 2 aromatic carbocycles. The molecule has 6 heteroatoms. The van der Waals surface area contributed by atoms with Crippen LogP contribution in [0.25, 0.3) is 0 Å². The maximum Gasteiger partial charge on any atom is 0.335 e. The van der Waals surface area contributed by atoms with Gasteiger partial charge in [0.2, 0.25) is 0 Å². The number of anilines is 1. The highest BCUT2D eigenvalue weighted by molar-refractivity contribution is 14.1. The molecule has 2 rings (SSSR count). The minimum Gasteiger partial charge on any atom is -0.506 e. The molecule has 0 aliphatic carbocycles. The molecule has 1 amide bonds. The van der Waals surface area contributed by atoms with Crippen LogP contribution in [-0.4, -0.2) is 22.1 Å². The molecule has 0 aliphatic heterocycles. The number of aromatic carboxylic acids is 1. The molecule has 102 valence electrons. The van der Waals surface area contributed by atoms with E-state index in [0.717, 1.165) is 9.64 Å². The maximum absolute atomic E-state index is 12.0. The molecule has 0 heterocycles. The number of rotatable bonds is 3. The molecule has 0 spiro atoms. The fourth-order valence-electron chi connectivity index (χ4n) is 1.57. The van der Waals surface area contributed by atoms with Gasteiger partial charge in [-0.1, -0.05) is 0 Å². The Bertz CT molecular complexity index is 667. The van der Waals surface area contributed by atoms with Crippen molar-refractivity contribution in [1.82, 2.24) is 0 Å². The minimum atomic E-state index is -1.14. The second-order valence-corrected chi connectivity index (χ2v) is 5.24. The Balaban J connectivity index is 2.19. The summed E-state index contributed by atoms with van der Waals surface area (Å²) in [6.07, 6.45) is 0. The SMILES string of the molecule is O=C(O)c1ccc(NC(=O)c2ccc(I)cc2)c(O)c1. The van der Waals surface area contributed by atoms with Gasteiger partial charge in [0.25, 0.3) is 5.91 Å². The van der Waals surface area contributed by atoms with Crippen LogP contribution in [0.4, 0.5) is 5.69 Å². The van der Waals surface area contributed by atoms with Gasteiger partial charge in [-0.25, -0.2) is 4.79 Å². The number of carboxylic acid groups (broad SMARTS) is 1. The summed E-state index contributed by atoms with van der Waals surface area (Å²) in [4.78, 5) is 22.7. The van der Waals surface area contributed by atoms with E-state index < -0.39 is 5.97 Å². The van der Waals surface area contributed by atoms with Crippen molar-refractivity contribution in [3.8, 4) is 5.75 Å². The lowest BCUT2D eigenvalue weighted by Gasteiger charge is -2.08. The third-order valence-corrected chi connectivity index (χ3v) is 3.32. The van der Waals surface area contributed by atoms with Crippen LogP contribution in [0.5, 0.6) is 5.75 Å². The maximum atomic E-state index is 12.0. The van der Waals surface area contributed by atoms with E-state index in [4.69, 9.17) is 5.11 Å².